The van der Waals surface area contributed by atoms with E-state index < -0.39 is 6.10 Å². The van der Waals surface area contributed by atoms with Gasteiger partial charge in [-0.05, 0) is 43.4 Å². The summed E-state index contributed by atoms with van der Waals surface area (Å²) >= 11 is 0. The van der Waals surface area contributed by atoms with Crippen molar-refractivity contribution in [3.63, 3.8) is 0 Å². The monoisotopic (exact) mass is 291 g/mol. The molecule has 4 nitrogen and oxygen atoms in total. The number of hydrogen-bond acceptors (Lipinski definition) is 4. The van der Waals surface area contributed by atoms with E-state index in [1.165, 1.54) is 24.8 Å². The SMILES string of the molecule is COc1ccc([C@@H]2[C@H]3CCCC[C@H]3ON[C@H]2[C@@H](C)O)cc1. The van der Waals surface area contributed by atoms with Crippen LogP contribution in [0.15, 0.2) is 24.3 Å². The van der Waals surface area contributed by atoms with Gasteiger partial charge >= 0.3 is 0 Å². The van der Waals surface area contributed by atoms with Gasteiger partial charge in [0, 0.05) is 5.92 Å². The highest BCUT2D eigenvalue weighted by atomic mass is 16.7. The molecule has 1 aliphatic carbocycles. The van der Waals surface area contributed by atoms with Crippen LogP contribution in [-0.4, -0.2) is 30.5 Å². The highest BCUT2D eigenvalue weighted by Gasteiger charge is 2.43. The Kier molecular flexibility index (Phi) is 4.48. The highest BCUT2D eigenvalue weighted by molar-refractivity contribution is 5.31. The average Bonchev–Trinajstić information content (AvgIpc) is 2.53. The average molecular weight is 291 g/mol. The molecular weight excluding hydrogens is 266 g/mol. The normalized spacial score (nSPS) is 34.0. The molecule has 5 atom stereocenters. The summed E-state index contributed by atoms with van der Waals surface area (Å²) in [5.74, 6) is 1.63. The predicted octanol–water partition coefficient (Wildman–Crippen LogP) is 2.62. The highest BCUT2D eigenvalue weighted by Crippen LogP contribution is 2.43. The molecule has 0 spiro atoms. The fraction of sp³-hybridized carbons (Fsp3) is 0.647. The van der Waals surface area contributed by atoms with Gasteiger partial charge in [0.25, 0.3) is 0 Å². The van der Waals surface area contributed by atoms with Crippen molar-refractivity contribution in [2.45, 2.75) is 56.8 Å². The quantitative estimate of drug-likeness (QED) is 0.899. The summed E-state index contributed by atoms with van der Waals surface area (Å²) in [4.78, 5) is 5.82. The molecule has 0 bridgehead atoms. The summed E-state index contributed by atoms with van der Waals surface area (Å²) < 4.78 is 5.25. The third-order valence-corrected chi connectivity index (χ3v) is 4.98. The number of methoxy groups -OCH3 is 1. The Labute approximate surface area is 126 Å². The van der Waals surface area contributed by atoms with Crippen LogP contribution < -0.4 is 10.2 Å². The maximum atomic E-state index is 10.1. The number of aliphatic hydroxyl groups excluding tert-OH is 1. The van der Waals surface area contributed by atoms with Crippen LogP contribution in [0.5, 0.6) is 5.75 Å². The Morgan fingerprint density at radius 3 is 2.62 bits per heavy atom. The van der Waals surface area contributed by atoms with Crippen molar-refractivity contribution in [1.82, 2.24) is 5.48 Å². The van der Waals surface area contributed by atoms with E-state index in [2.05, 4.69) is 17.6 Å². The molecule has 0 radical (unpaired) electrons. The summed E-state index contributed by atoms with van der Waals surface area (Å²) in [7, 11) is 1.68. The summed E-state index contributed by atoms with van der Waals surface area (Å²) in [6.07, 6.45) is 4.59. The standard InChI is InChI=1S/C17H25NO3/c1-11(19)17-16(12-7-9-13(20-2)10-8-12)14-5-3-4-6-15(14)21-18-17/h7-11,14-19H,3-6H2,1-2H3/t11-,14+,15-,16-,17+/m1/s1. The second-order valence-electron chi connectivity index (χ2n) is 6.29. The molecule has 0 aromatic heterocycles. The minimum absolute atomic E-state index is 0.0576. The minimum Gasteiger partial charge on any atom is -0.497 e. The number of nitrogens with one attached hydrogen (secondary N) is 1. The van der Waals surface area contributed by atoms with Crippen molar-refractivity contribution in [1.29, 1.82) is 0 Å². The van der Waals surface area contributed by atoms with Crippen molar-refractivity contribution in [2.24, 2.45) is 5.92 Å². The van der Waals surface area contributed by atoms with E-state index >= 15 is 0 Å². The van der Waals surface area contributed by atoms with Crippen LogP contribution in [0, 0.1) is 5.92 Å². The molecule has 116 valence electrons. The second kappa shape index (κ2) is 6.34. The summed E-state index contributed by atoms with van der Waals surface area (Å²) in [6.45, 7) is 1.83. The van der Waals surface area contributed by atoms with Crippen LogP contribution in [0.3, 0.4) is 0 Å². The van der Waals surface area contributed by atoms with Crippen molar-refractivity contribution < 1.29 is 14.7 Å². The lowest BCUT2D eigenvalue weighted by Crippen LogP contribution is -2.55. The molecule has 21 heavy (non-hydrogen) atoms. The van der Waals surface area contributed by atoms with Crippen molar-refractivity contribution in [2.75, 3.05) is 7.11 Å². The van der Waals surface area contributed by atoms with E-state index in [-0.39, 0.29) is 18.1 Å². The van der Waals surface area contributed by atoms with Crippen LogP contribution in [0.2, 0.25) is 0 Å². The summed E-state index contributed by atoms with van der Waals surface area (Å²) in [6, 6.07) is 8.19. The molecule has 1 aromatic carbocycles. The van der Waals surface area contributed by atoms with Crippen LogP contribution in [-0.2, 0) is 4.84 Å². The van der Waals surface area contributed by atoms with Gasteiger partial charge in [0.2, 0.25) is 0 Å². The van der Waals surface area contributed by atoms with Crippen LogP contribution >= 0.6 is 0 Å². The van der Waals surface area contributed by atoms with Crippen LogP contribution in [0.4, 0.5) is 0 Å². The first-order chi connectivity index (χ1) is 10.2. The van der Waals surface area contributed by atoms with Gasteiger partial charge in [0.1, 0.15) is 5.75 Å². The van der Waals surface area contributed by atoms with E-state index in [4.69, 9.17) is 9.57 Å². The summed E-state index contributed by atoms with van der Waals surface area (Å²) in [5, 5.41) is 10.1. The van der Waals surface area contributed by atoms with Gasteiger partial charge in [-0.15, -0.1) is 0 Å². The lowest BCUT2D eigenvalue weighted by molar-refractivity contribution is -0.153. The molecule has 0 amide bonds. The van der Waals surface area contributed by atoms with Gasteiger partial charge in [-0.2, -0.15) is 5.48 Å². The maximum absolute atomic E-state index is 10.1. The molecule has 2 N–H and O–H groups in total. The Balaban J connectivity index is 1.90. The number of ether oxygens (including phenoxy) is 1. The van der Waals surface area contributed by atoms with E-state index in [0.29, 0.717) is 5.92 Å². The Morgan fingerprint density at radius 2 is 1.95 bits per heavy atom. The second-order valence-corrected chi connectivity index (χ2v) is 6.29. The van der Waals surface area contributed by atoms with Crippen LogP contribution in [0.25, 0.3) is 0 Å². The molecule has 0 unspecified atom stereocenters. The Morgan fingerprint density at radius 1 is 1.24 bits per heavy atom. The smallest absolute Gasteiger partial charge is 0.118 e. The molecule has 4 heteroatoms. The largest absolute Gasteiger partial charge is 0.497 e. The molecule has 3 rings (SSSR count). The van der Waals surface area contributed by atoms with E-state index in [0.717, 1.165) is 12.2 Å². The summed E-state index contributed by atoms with van der Waals surface area (Å²) in [5.41, 5.74) is 4.37. The van der Waals surface area contributed by atoms with Gasteiger partial charge < -0.3 is 9.84 Å². The zero-order valence-electron chi connectivity index (χ0n) is 12.8. The zero-order valence-corrected chi connectivity index (χ0v) is 12.8. The number of fused-ring (bicyclic) bond motifs is 1. The number of rotatable bonds is 3. The maximum Gasteiger partial charge on any atom is 0.118 e. The molecule has 1 aliphatic heterocycles. The van der Waals surface area contributed by atoms with Gasteiger partial charge in [-0.1, -0.05) is 25.0 Å². The van der Waals surface area contributed by atoms with Crippen molar-refractivity contribution >= 4 is 0 Å². The van der Waals surface area contributed by atoms with E-state index in [1.54, 1.807) is 7.11 Å². The third-order valence-electron chi connectivity index (χ3n) is 4.98. The molecule has 1 saturated carbocycles. The number of benzene rings is 1. The zero-order chi connectivity index (χ0) is 14.8. The first-order valence-electron chi connectivity index (χ1n) is 7.94. The Bertz CT molecular complexity index is 460. The van der Waals surface area contributed by atoms with Gasteiger partial charge in [0.05, 0.1) is 25.4 Å². The van der Waals surface area contributed by atoms with Gasteiger partial charge in [0.15, 0.2) is 0 Å². The fourth-order valence-corrected chi connectivity index (χ4v) is 3.87. The van der Waals surface area contributed by atoms with Gasteiger partial charge in [-0.25, -0.2) is 0 Å². The van der Waals surface area contributed by atoms with Crippen LogP contribution in [0.1, 0.15) is 44.1 Å². The molecule has 2 aliphatic rings. The molecule has 1 aromatic rings. The van der Waals surface area contributed by atoms with Crippen molar-refractivity contribution in [3.05, 3.63) is 29.8 Å². The van der Waals surface area contributed by atoms with E-state index in [1.807, 2.05) is 19.1 Å². The van der Waals surface area contributed by atoms with E-state index in [9.17, 15) is 5.11 Å². The lowest BCUT2D eigenvalue weighted by atomic mass is 9.70. The Hall–Kier alpha value is -1.10. The first-order valence-corrected chi connectivity index (χ1v) is 7.94. The van der Waals surface area contributed by atoms with Gasteiger partial charge in [-0.3, -0.25) is 4.84 Å². The minimum atomic E-state index is -0.444. The number of hydroxylamine groups is 1. The fourth-order valence-electron chi connectivity index (χ4n) is 3.87. The molecular formula is C17H25NO3. The third kappa shape index (κ3) is 2.93. The van der Waals surface area contributed by atoms with Crippen molar-refractivity contribution in [3.8, 4) is 5.75 Å². The molecule has 1 saturated heterocycles. The predicted molar refractivity (Wildman–Crippen MR) is 81.2 cm³/mol. The lowest BCUT2D eigenvalue weighted by Gasteiger charge is -2.46. The number of hydrogen-bond donors (Lipinski definition) is 2. The first kappa shape index (κ1) is 14.8. The molecule has 1 heterocycles. The number of aliphatic hydroxyl groups is 1. The topological polar surface area (TPSA) is 50.7 Å². The molecule has 2 fully saturated rings.